The molecule has 2 aromatic carbocycles. The highest BCUT2D eigenvalue weighted by Gasteiger charge is 2.31. The average molecular weight is 393 g/mol. The van der Waals surface area contributed by atoms with Crippen LogP contribution in [0.1, 0.15) is 11.1 Å². The molecule has 2 heterocycles. The highest BCUT2D eigenvalue weighted by Crippen LogP contribution is 2.23. The van der Waals surface area contributed by atoms with Gasteiger partial charge in [0.25, 0.3) is 5.24 Å². The van der Waals surface area contributed by atoms with Gasteiger partial charge in [-0.15, -0.1) is 0 Å². The van der Waals surface area contributed by atoms with E-state index in [4.69, 9.17) is 0 Å². The van der Waals surface area contributed by atoms with Gasteiger partial charge in [-0.05, 0) is 36.1 Å². The van der Waals surface area contributed by atoms with Crippen LogP contribution in [-0.4, -0.2) is 34.3 Å². The summed E-state index contributed by atoms with van der Waals surface area (Å²) >= 11 is 1.04. The molecule has 0 unspecified atom stereocenters. The van der Waals surface area contributed by atoms with E-state index in [2.05, 4.69) is 10.3 Å². The Bertz CT molecular complexity index is 996. The number of nitrogens with zero attached hydrogens (tertiary/aromatic N) is 1. The number of anilines is 1. The highest BCUT2D eigenvalue weighted by atomic mass is 32.2. The fourth-order valence-corrected chi connectivity index (χ4v) is 4.14. The average Bonchev–Trinajstić information content (AvgIpc) is 3.26. The standard InChI is InChI=1S/C21H19N3O3S/c25-13-24(19-12-16-3-1-2-4-17(16)22-19)10-9-14-5-7-15(8-6-14)11-18-20(26)23-21(27)28-18/h1-8,12-13,18,22H,9-11H2,(H,23,26,27)/t18-/m1/s1. The van der Waals surface area contributed by atoms with Gasteiger partial charge in [0.1, 0.15) is 5.82 Å². The summed E-state index contributed by atoms with van der Waals surface area (Å²) in [5.74, 6) is 0.556. The van der Waals surface area contributed by atoms with Crippen molar-refractivity contribution in [3.8, 4) is 0 Å². The molecule has 1 atom stereocenters. The fraction of sp³-hybridized carbons (Fsp3) is 0.190. The Kier molecular flexibility index (Phi) is 5.16. The molecule has 4 rings (SSSR count). The van der Waals surface area contributed by atoms with E-state index in [1.807, 2.05) is 54.6 Å². The first-order valence-electron chi connectivity index (χ1n) is 9.01. The molecule has 0 saturated carbocycles. The minimum absolute atomic E-state index is 0.223. The van der Waals surface area contributed by atoms with Crippen LogP contribution in [0, 0.1) is 0 Å². The molecule has 1 aliphatic heterocycles. The SMILES string of the molecule is O=CN(CCc1ccc(C[C@H]2SC(=O)NC2=O)cc1)c1cc2ccccc2[nH]1. The third kappa shape index (κ3) is 3.94. The maximum Gasteiger partial charge on any atom is 0.286 e. The number of para-hydroxylation sites is 1. The van der Waals surface area contributed by atoms with E-state index in [1.54, 1.807) is 4.90 Å². The minimum atomic E-state index is -0.356. The van der Waals surface area contributed by atoms with Crippen LogP contribution in [0.15, 0.2) is 54.6 Å². The fourth-order valence-electron chi connectivity index (χ4n) is 3.28. The van der Waals surface area contributed by atoms with Crippen molar-refractivity contribution in [1.82, 2.24) is 10.3 Å². The number of benzene rings is 2. The van der Waals surface area contributed by atoms with E-state index in [0.717, 1.165) is 46.0 Å². The molecule has 1 aliphatic rings. The Labute approximate surface area is 166 Å². The number of imide groups is 1. The summed E-state index contributed by atoms with van der Waals surface area (Å²) in [4.78, 5) is 39.4. The van der Waals surface area contributed by atoms with E-state index >= 15 is 0 Å². The van der Waals surface area contributed by atoms with E-state index in [-0.39, 0.29) is 16.4 Å². The third-order valence-electron chi connectivity index (χ3n) is 4.80. The number of nitrogens with one attached hydrogen (secondary N) is 2. The zero-order chi connectivity index (χ0) is 19.5. The lowest BCUT2D eigenvalue weighted by Gasteiger charge is -2.15. The zero-order valence-corrected chi connectivity index (χ0v) is 15.9. The molecule has 0 aliphatic carbocycles. The number of hydrogen-bond donors (Lipinski definition) is 2. The topological polar surface area (TPSA) is 82.3 Å². The van der Waals surface area contributed by atoms with Crippen molar-refractivity contribution in [3.63, 3.8) is 0 Å². The Morgan fingerprint density at radius 2 is 1.79 bits per heavy atom. The number of amides is 3. The molecule has 1 aromatic heterocycles. The molecule has 2 N–H and O–H groups in total. The number of fused-ring (bicyclic) bond motifs is 1. The number of carbonyl (C=O) groups is 3. The van der Waals surface area contributed by atoms with Gasteiger partial charge in [-0.2, -0.15) is 0 Å². The molecular weight excluding hydrogens is 374 g/mol. The third-order valence-corrected chi connectivity index (χ3v) is 5.79. The van der Waals surface area contributed by atoms with Gasteiger partial charge in [-0.3, -0.25) is 19.7 Å². The van der Waals surface area contributed by atoms with Crippen molar-refractivity contribution in [2.75, 3.05) is 11.4 Å². The lowest BCUT2D eigenvalue weighted by Crippen LogP contribution is -2.25. The zero-order valence-electron chi connectivity index (χ0n) is 15.1. The molecule has 28 heavy (non-hydrogen) atoms. The number of hydrogen-bond acceptors (Lipinski definition) is 4. The summed E-state index contributed by atoms with van der Waals surface area (Å²) < 4.78 is 0. The van der Waals surface area contributed by atoms with Gasteiger partial charge in [-0.1, -0.05) is 54.2 Å². The summed E-state index contributed by atoms with van der Waals surface area (Å²) in [6, 6.07) is 17.8. The Morgan fingerprint density at radius 3 is 2.46 bits per heavy atom. The van der Waals surface area contributed by atoms with Crippen molar-refractivity contribution in [1.29, 1.82) is 0 Å². The molecular formula is C21H19N3O3S. The summed E-state index contributed by atoms with van der Waals surface area (Å²) in [5, 5.41) is 2.74. The Balaban J connectivity index is 1.37. The van der Waals surface area contributed by atoms with Crippen LogP contribution >= 0.6 is 11.8 Å². The van der Waals surface area contributed by atoms with Crippen molar-refractivity contribution in [3.05, 3.63) is 65.7 Å². The van der Waals surface area contributed by atoms with Crippen molar-refractivity contribution in [2.45, 2.75) is 18.1 Å². The molecule has 3 amide bonds. The quantitative estimate of drug-likeness (QED) is 0.604. The summed E-state index contributed by atoms with van der Waals surface area (Å²) in [6.45, 7) is 0.561. The molecule has 6 nitrogen and oxygen atoms in total. The van der Waals surface area contributed by atoms with E-state index in [1.165, 1.54) is 0 Å². The first-order valence-corrected chi connectivity index (χ1v) is 9.89. The molecule has 0 bridgehead atoms. The number of thioether (sulfide) groups is 1. The molecule has 7 heteroatoms. The number of H-pyrrole nitrogens is 1. The van der Waals surface area contributed by atoms with Crippen LogP contribution < -0.4 is 10.2 Å². The minimum Gasteiger partial charge on any atom is -0.341 e. The number of carbonyl (C=O) groups excluding carboxylic acids is 3. The highest BCUT2D eigenvalue weighted by molar-refractivity contribution is 8.15. The van der Waals surface area contributed by atoms with Gasteiger partial charge in [0, 0.05) is 17.4 Å². The predicted octanol–water partition coefficient (Wildman–Crippen LogP) is 3.27. The van der Waals surface area contributed by atoms with Crippen molar-refractivity contribution >= 4 is 46.0 Å². The van der Waals surface area contributed by atoms with Crippen LogP contribution in [0.5, 0.6) is 0 Å². The second-order valence-corrected chi connectivity index (χ2v) is 7.87. The second kappa shape index (κ2) is 7.90. The van der Waals surface area contributed by atoms with Gasteiger partial charge in [0.2, 0.25) is 12.3 Å². The van der Waals surface area contributed by atoms with Crippen LogP contribution in [-0.2, 0) is 22.4 Å². The molecule has 1 saturated heterocycles. The van der Waals surface area contributed by atoms with Gasteiger partial charge in [0.05, 0.1) is 5.25 Å². The number of aromatic amines is 1. The maximum absolute atomic E-state index is 11.7. The van der Waals surface area contributed by atoms with E-state index in [0.29, 0.717) is 19.4 Å². The second-order valence-electron chi connectivity index (χ2n) is 6.69. The smallest absolute Gasteiger partial charge is 0.286 e. The largest absolute Gasteiger partial charge is 0.341 e. The number of aromatic nitrogens is 1. The molecule has 0 radical (unpaired) electrons. The van der Waals surface area contributed by atoms with Gasteiger partial charge < -0.3 is 9.88 Å². The lowest BCUT2D eigenvalue weighted by molar-refractivity contribution is -0.119. The first-order chi connectivity index (χ1) is 13.6. The van der Waals surface area contributed by atoms with Gasteiger partial charge in [0.15, 0.2) is 0 Å². The molecule has 0 spiro atoms. The first kappa shape index (κ1) is 18.3. The Morgan fingerprint density at radius 1 is 1.04 bits per heavy atom. The summed E-state index contributed by atoms with van der Waals surface area (Å²) in [6.07, 6.45) is 2.08. The maximum atomic E-state index is 11.7. The Hall–Kier alpha value is -3.06. The van der Waals surface area contributed by atoms with Gasteiger partial charge in [-0.25, -0.2) is 0 Å². The predicted molar refractivity (Wildman–Crippen MR) is 110 cm³/mol. The number of rotatable bonds is 7. The lowest BCUT2D eigenvalue weighted by atomic mass is 10.0. The summed E-state index contributed by atoms with van der Waals surface area (Å²) in [7, 11) is 0. The normalized spacial score (nSPS) is 16.4. The molecule has 1 fully saturated rings. The monoisotopic (exact) mass is 393 g/mol. The van der Waals surface area contributed by atoms with E-state index in [9.17, 15) is 14.4 Å². The van der Waals surface area contributed by atoms with Gasteiger partial charge >= 0.3 is 0 Å². The molecule has 3 aromatic rings. The van der Waals surface area contributed by atoms with Crippen LogP contribution in [0.25, 0.3) is 10.9 Å². The van der Waals surface area contributed by atoms with E-state index < -0.39 is 0 Å². The van der Waals surface area contributed by atoms with Crippen molar-refractivity contribution in [2.24, 2.45) is 0 Å². The summed E-state index contributed by atoms with van der Waals surface area (Å²) in [5.41, 5.74) is 3.11. The van der Waals surface area contributed by atoms with Crippen LogP contribution in [0.2, 0.25) is 0 Å². The van der Waals surface area contributed by atoms with Crippen LogP contribution in [0.3, 0.4) is 0 Å². The molecule has 142 valence electrons. The van der Waals surface area contributed by atoms with Crippen molar-refractivity contribution < 1.29 is 14.4 Å². The van der Waals surface area contributed by atoms with Crippen LogP contribution in [0.4, 0.5) is 10.6 Å².